The summed E-state index contributed by atoms with van der Waals surface area (Å²) in [6, 6.07) is 1.83. The molecule has 0 aliphatic carbocycles. The molecule has 4 heterocycles. The molecule has 19 nitrogen and oxygen atoms in total. The summed E-state index contributed by atoms with van der Waals surface area (Å²) in [6.45, 7) is 2.64. The number of phosphoric acid groups is 1. The van der Waals surface area contributed by atoms with Gasteiger partial charge >= 0.3 is 25.2 Å². The predicted molar refractivity (Wildman–Crippen MR) is 161 cm³/mol. The second kappa shape index (κ2) is 15.9. The summed E-state index contributed by atoms with van der Waals surface area (Å²) in [5.74, 6) is -0.984. The smallest absolute Gasteiger partial charge is 0.459 e. The number of nitriles is 1. The summed E-state index contributed by atoms with van der Waals surface area (Å²) in [6.07, 6.45) is -4.87. The highest BCUT2D eigenvalue weighted by atomic mass is 31.2. The Hall–Kier alpha value is -4.02. The van der Waals surface area contributed by atoms with Crippen molar-refractivity contribution in [3.8, 4) is 6.07 Å². The third-order valence-corrected chi connectivity index (χ3v) is 9.03. The maximum absolute atomic E-state index is 13.9. The lowest BCUT2D eigenvalue weighted by Gasteiger charge is -2.25. The van der Waals surface area contributed by atoms with Gasteiger partial charge in [0.2, 0.25) is 0 Å². The zero-order valence-electron chi connectivity index (χ0n) is 26.3. The van der Waals surface area contributed by atoms with E-state index in [1.807, 2.05) is 6.07 Å². The number of aromatic nitrogens is 4. The maximum Gasteiger partial charge on any atom is 0.475 e. The summed E-state index contributed by atoms with van der Waals surface area (Å²) in [4.78, 5) is 77.0. The molecule has 2 aliphatic heterocycles. The van der Waals surface area contributed by atoms with Crippen molar-refractivity contribution in [3.05, 3.63) is 65.2 Å². The van der Waals surface area contributed by atoms with Crippen LogP contribution in [0.5, 0.6) is 0 Å². The molecule has 0 amide bonds. The molecule has 7 atom stereocenters. The summed E-state index contributed by atoms with van der Waals surface area (Å²) < 4.78 is 50.1. The van der Waals surface area contributed by atoms with Crippen LogP contribution in [0.25, 0.3) is 0 Å². The largest absolute Gasteiger partial charge is 0.475 e. The van der Waals surface area contributed by atoms with E-state index in [-0.39, 0.29) is 49.0 Å². The van der Waals surface area contributed by atoms with E-state index >= 15 is 0 Å². The molecule has 0 saturated carbocycles. The third-order valence-electron chi connectivity index (χ3n) is 7.54. The minimum absolute atomic E-state index is 0.0768. The molecule has 1 unspecified atom stereocenters. The van der Waals surface area contributed by atoms with Crippen molar-refractivity contribution in [3.63, 3.8) is 0 Å². The lowest BCUT2D eigenvalue weighted by Crippen LogP contribution is -2.33. The molecule has 0 aromatic carbocycles. The number of aliphatic hydroxyl groups excluding tert-OH is 1. The van der Waals surface area contributed by atoms with Crippen molar-refractivity contribution in [2.45, 2.75) is 89.7 Å². The number of ether oxygens (including phenoxy) is 3. The Bertz CT molecular complexity index is 1830. The highest BCUT2D eigenvalue weighted by Gasteiger charge is 2.45. The zero-order valence-corrected chi connectivity index (χ0v) is 27.2. The van der Waals surface area contributed by atoms with Gasteiger partial charge in [-0.05, 0) is 20.8 Å². The maximum atomic E-state index is 13.9. The van der Waals surface area contributed by atoms with Crippen molar-refractivity contribution >= 4 is 19.6 Å². The van der Waals surface area contributed by atoms with E-state index in [0.717, 1.165) is 9.13 Å². The van der Waals surface area contributed by atoms with Crippen LogP contribution in [0.2, 0.25) is 0 Å². The van der Waals surface area contributed by atoms with Gasteiger partial charge in [-0.2, -0.15) is 5.26 Å². The fraction of sp³-hybridized carbons (Fsp3) is 0.607. The van der Waals surface area contributed by atoms with E-state index in [1.54, 1.807) is 0 Å². The Morgan fingerprint density at radius 3 is 2.06 bits per heavy atom. The van der Waals surface area contributed by atoms with Crippen LogP contribution in [0.15, 0.2) is 31.6 Å². The fourth-order valence-electron chi connectivity index (χ4n) is 5.03. The predicted octanol–water partition coefficient (Wildman–Crippen LogP) is -0.00788. The number of aromatic amines is 2. The molecule has 48 heavy (non-hydrogen) atoms. The van der Waals surface area contributed by atoms with Crippen molar-refractivity contribution < 1.29 is 47.0 Å². The van der Waals surface area contributed by atoms with Gasteiger partial charge in [0, 0.05) is 42.8 Å². The highest BCUT2D eigenvalue weighted by Crippen LogP contribution is 2.53. The normalized spacial score (nSPS) is 25.0. The molecule has 2 aromatic heterocycles. The van der Waals surface area contributed by atoms with E-state index in [0.29, 0.717) is 0 Å². The van der Waals surface area contributed by atoms with Crippen LogP contribution in [0.3, 0.4) is 0 Å². The average molecular weight is 698 g/mol. The molecule has 2 aliphatic rings. The molecular weight excluding hydrogens is 661 g/mol. The Balaban J connectivity index is 1.55. The molecule has 0 spiro atoms. The van der Waals surface area contributed by atoms with E-state index in [2.05, 4.69) is 9.97 Å². The van der Waals surface area contributed by atoms with Crippen molar-refractivity contribution in [1.29, 1.82) is 5.26 Å². The average Bonchev–Trinajstić information content (AvgIpc) is 3.62. The van der Waals surface area contributed by atoms with E-state index in [4.69, 9.17) is 33.0 Å². The van der Waals surface area contributed by atoms with Gasteiger partial charge in [0.1, 0.15) is 42.7 Å². The van der Waals surface area contributed by atoms with Gasteiger partial charge in [-0.3, -0.25) is 47.1 Å². The number of nitrogens with zero attached hydrogens (tertiary/aromatic N) is 3. The van der Waals surface area contributed by atoms with Gasteiger partial charge in [0.05, 0.1) is 38.7 Å². The van der Waals surface area contributed by atoms with Crippen LogP contribution in [-0.2, 0) is 41.9 Å². The summed E-state index contributed by atoms with van der Waals surface area (Å²) in [5, 5.41) is 19.0. The second-order valence-corrected chi connectivity index (χ2v) is 12.8. The van der Waals surface area contributed by atoms with E-state index in [1.165, 1.54) is 33.2 Å². The zero-order chi connectivity index (χ0) is 35.2. The number of carbonyl (C=O) groups is 2. The summed E-state index contributed by atoms with van der Waals surface area (Å²) >= 11 is 0. The number of hydrogen-bond donors (Lipinski definition) is 3. The Kier molecular flexibility index (Phi) is 12.2. The second-order valence-electron chi connectivity index (χ2n) is 11.2. The number of Topliss-reactive ketones (excluding diaryl/α,β-unsaturated/α-hetero) is 1. The SMILES string of the molecule is CC(=O)CCC(=O)O[C@H]1C[C@H](n2cc(C)c(=O)[nH]c2=O)O[C@@H]1COP(=O)(OCCC#N)O[C@H]1C[C@H](n2cc(C)c(=O)[nH]c2=O)O[C@@H]1CO. The quantitative estimate of drug-likeness (QED) is 0.126. The van der Waals surface area contributed by atoms with Crippen LogP contribution in [0.1, 0.15) is 62.6 Å². The molecule has 0 radical (unpaired) electrons. The van der Waals surface area contributed by atoms with Gasteiger partial charge in [0.15, 0.2) is 0 Å². The summed E-state index contributed by atoms with van der Waals surface area (Å²) in [5.41, 5.74) is -2.37. The van der Waals surface area contributed by atoms with E-state index < -0.39 is 93.0 Å². The van der Waals surface area contributed by atoms with Crippen LogP contribution in [0, 0.1) is 25.2 Å². The first-order valence-electron chi connectivity index (χ1n) is 14.9. The third kappa shape index (κ3) is 9.11. The molecular formula is C28H36N5O14P. The van der Waals surface area contributed by atoms with Crippen LogP contribution < -0.4 is 22.5 Å². The molecule has 2 saturated heterocycles. The standard InChI is InChI=1S/C28H36N5O14P/c1-15-11-32(27(39)30-25(15)37)22-9-18(46-24(36)6-5-17(3)35)21(45-22)14-43-48(41,42-8-4-7-29)47-19-10-23(44-20(19)13-34)33-12-16(2)26(38)31-28(33)40/h11-12,18-23,34H,4-6,8-10,13-14H2,1-3H3,(H,30,37,39)(H,31,38,40)/t18-,19-,20+,21+,22+,23+,48?/m0/s1. The summed E-state index contributed by atoms with van der Waals surface area (Å²) in [7, 11) is -4.62. The molecule has 20 heteroatoms. The lowest BCUT2D eigenvalue weighted by atomic mass is 10.1. The first kappa shape index (κ1) is 36.8. The first-order valence-corrected chi connectivity index (χ1v) is 16.4. The molecule has 3 N–H and O–H groups in total. The van der Waals surface area contributed by atoms with Crippen molar-refractivity contribution in [2.24, 2.45) is 0 Å². The van der Waals surface area contributed by atoms with Gasteiger partial charge in [-0.25, -0.2) is 14.2 Å². The number of H-pyrrole nitrogens is 2. The number of ketones is 1. The Morgan fingerprint density at radius 1 is 0.958 bits per heavy atom. The van der Waals surface area contributed by atoms with E-state index in [9.17, 15) is 38.4 Å². The number of phosphoric ester groups is 1. The van der Waals surface area contributed by atoms with Gasteiger partial charge in [0.25, 0.3) is 11.1 Å². The van der Waals surface area contributed by atoms with Gasteiger partial charge in [-0.15, -0.1) is 0 Å². The Labute approximate surface area is 271 Å². The van der Waals surface area contributed by atoms with Gasteiger partial charge in [-0.1, -0.05) is 0 Å². The Morgan fingerprint density at radius 2 is 1.52 bits per heavy atom. The lowest BCUT2D eigenvalue weighted by molar-refractivity contribution is -0.153. The number of carbonyl (C=O) groups excluding carboxylic acids is 2. The first-order chi connectivity index (χ1) is 22.7. The molecule has 2 aromatic rings. The number of rotatable bonds is 15. The number of hydrogen-bond acceptors (Lipinski definition) is 15. The minimum Gasteiger partial charge on any atom is -0.459 e. The number of aryl methyl sites for hydroxylation is 2. The monoisotopic (exact) mass is 697 g/mol. The highest BCUT2D eigenvalue weighted by molar-refractivity contribution is 7.48. The molecule has 262 valence electrons. The molecule has 4 rings (SSSR count). The fourth-order valence-corrected chi connectivity index (χ4v) is 6.42. The van der Waals surface area contributed by atoms with Crippen molar-refractivity contribution in [1.82, 2.24) is 19.1 Å². The minimum atomic E-state index is -4.62. The van der Waals surface area contributed by atoms with Crippen LogP contribution in [-0.4, -0.2) is 80.2 Å². The van der Waals surface area contributed by atoms with Crippen LogP contribution in [0.4, 0.5) is 0 Å². The van der Waals surface area contributed by atoms with Crippen LogP contribution >= 0.6 is 7.82 Å². The topological polar surface area (TPSA) is 260 Å². The van der Waals surface area contributed by atoms with Crippen molar-refractivity contribution in [2.75, 3.05) is 19.8 Å². The number of nitrogens with one attached hydrogen (secondary N) is 2. The van der Waals surface area contributed by atoms with Gasteiger partial charge < -0.3 is 24.1 Å². The molecule has 0 bridgehead atoms. The number of aliphatic hydroxyl groups is 1. The molecule has 2 fully saturated rings. The number of esters is 1.